The van der Waals surface area contributed by atoms with Crippen LogP contribution in [-0.4, -0.2) is 43.9 Å². The molecule has 0 unspecified atom stereocenters. The zero-order valence-corrected chi connectivity index (χ0v) is 11.6. The van der Waals surface area contributed by atoms with E-state index in [1.165, 1.54) is 22.9 Å². The number of aromatic nitrogens is 1. The molecule has 7 heteroatoms. The first-order valence-electron chi connectivity index (χ1n) is 6.43. The second kappa shape index (κ2) is 9.11. The molecule has 0 aliphatic carbocycles. The quantitative estimate of drug-likeness (QED) is 0.601. The van der Waals surface area contributed by atoms with Crippen molar-refractivity contribution in [2.45, 2.75) is 13.0 Å². The Morgan fingerprint density at radius 2 is 2.15 bits per heavy atom. The van der Waals surface area contributed by atoms with Crippen molar-refractivity contribution in [3.63, 3.8) is 0 Å². The number of hydrogen-bond acceptors (Lipinski definition) is 5. The standard InChI is InChI=1S/C13H21N3O4/c1-19-7-8-20-6-2-5-15-12(17)10-16-9-11(14)3-4-13(16)18/h3-4,9H,2,5-8,10,14H2,1H3,(H,15,17). The number of hydrogen-bond donors (Lipinski definition) is 2. The molecule has 1 aromatic heterocycles. The molecule has 0 saturated heterocycles. The van der Waals surface area contributed by atoms with Crippen molar-refractivity contribution in [3.05, 3.63) is 28.7 Å². The van der Waals surface area contributed by atoms with E-state index < -0.39 is 0 Å². The molecule has 0 saturated carbocycles. The molecule has 0 fully saturated rings. The third kappa shape index (κ3) is 6.35. The molecule has 7 nitrogen and oxygen atoms in total. The maximum atomic E-state index is 11.6. The highest BCUT2D eigenvalue weighted by atomic mass is 16.5. The molecule has 3 N–H and O–H groups in total. The van der Waals surface area contributed by atoms with Gasteiger partial charge < -0.3 is 25.1 Å². The molecule has 1 heterocycles. The predicted molar refractivity (Wildman–Crippen MR) is 75.4 cm³/mol. The summed E-state index contributed by atoms with van der Waals surface area (Å²) in [7, 11) is 1.61. The van der Waals surface area contributed by atoms with E-state index in [1.54, 1.807) is 7.11 Å². The lowest BCUT2D eigenvalue weighted by atomic mass is 10.4. The van der Waals surface area contributed by atoms with Crippen LogP contribution < -0.4 is 16.6 Å². The highest BCUT2D eigenvalue weighted by Gasteiger charge is 2.04. The lowest BCUT2D eigenvalue weighted by molar-refractivity contribution is -0.121. The number of pyridine rings is 1. The van der Waals surface area contributed by atoms with Gasteiger partial charge in [-0.3, -0.25) is 9.59 Å². The molecule has 0 radical (unpaired) electrons. The van der Waals surface area contributed by atoms with E-state index in [1.807, 2.05) is 0 Å². The van der Waals surface area contributed by atoms with Gasteiger partial charge in [-0.1, -0.05) is 0 Å². The van der Waals surface area contributed by atoms with E-state index in [9.17, 15) is 9.59 Å². The van der Waals surface area contributed by atoms with Gasteiger partial charge in [-0.05, 0) is 12.5 Å². The molecular formula is C13H21N3O4. The average Bonchev–Trinajstić information content (AvgIpc) is 2.42. The number of nitrogens with one attached hydrogen (secondary N) is 1. The fraction of sp³-hybridized carbons (Fsp3) is 0.538. The number of methoxy groups -OCH3 is 1. The van der Waals surface area contributed by atoms with Crippen molar-refractivity contribution in [2.24, 2.45) is 0 Å². The summed E-state index contributed by atoms with van der Waals surface area (Å²) in [6, 6.07) is 2.85. The largest absolute Gasteiger partial charge is 0.398 e. The van der Waals surface area contributed by atoms with Crippen LogP contribution >= 0.6 is 0 Å². The maximum Gasteiger partial charge on any atom is 0.251 e. The van der Waals surface area contributed by atoms with Crippen molar-refractivity contribution >= 4 is 11.6 Å². The normalized spacial score (nSPS) is 10.4. The van der Waals surface area contributed by atoms with Gasteiger partial charge in [0.1, 0.15) is 6.54 Å². The number of nitrogen functional groups attached to an aromatic ring is 1. The van der Waals surface area contributed by atoms with Crippen molar-refractivity contribution < 1.29 is 14.3 Å². The first kappa shape index (κ1) is 16.2. The van der Waals surface area contributed by atoms with E-state index in [-0.39, 0.29) is 18.0 Å². The lowest BCUT2D eigenvalue weighted by Crippen LogP contribution is -2.32. The molecule has 0 bridgehead atoms. The number of anilines is 1. The van der Waals surface area contributed by atoms with Crippen molar-refractivity contribution in [1.82, 2.24) is 9.88 Å². The Kier molecular flexibility index (Phi) is 7.38. The maximum absolute atomic E-state index is 11.6. The number of carbonyl (C=O) groups is 1. The van der Waals surface area contributed by atoms with Crippen molar-refractivity contribution in [2.75, 3.05) is 39.2 Å². The van der Waals surface area contributed by atoms with E-state index in [0.717, 1.165) is 0 Å². The summed E-state index contributed by atoms with van der Waals surface area (Å²) < 4.78 is 11.4. The summed E-state index contributed by atoms with van der Waals surface area (Å²) in [5.41, 5.74) is 5.76. The number of amides is 1. The number of carbonyl (C=O) groups excluding carboxylic acids is 1. The SMILES string of the molecule is COCCOCCCNC(=O)Cn1cc(N)ccc1=O. The number of nitrogens with zero attached hydrogens (tertiary/aromatic N) is 1. The Hall–Kier alpha value is -1.86. The van der Waals surface area contributed by atoms with E-state index in [0.29, 0.717) is 38.5 Å². The van der Waals surface area contributed by atoms with E-state index in [4.69, 9.17) is 15.2 Å². The van der Waals surface area contributed by atoms with Gasteiger partial charge in [-0.2, -0.15) is 0 Å². The molecule has 1 rings (SSSR count). The average molecular weight is 283 g/mol. The van der Waals surface area contributed by atoms with Crippen LogP contribution in [0.3, 0.4) is 0 Å². The van der Waals surface area contributed by atoms with Crippen LogP contribution in [0.5, 0.6) is 0 Å². The molecule has 112 valence electrons. The smallest absolute Gasteiger partial charge is 0.251 e. The molecular weight excluding hydrogens is 262 g/mol. The first-order valence-corrected chi connectivity index (χ1v) is 6.43. The van der Waals surface area contributed by atoms with Gasteiger partial charge in [0.25, 0.3) is 5.56 Å². The minimum atomic E-state index is -0.253. The van der Waals surface area contributed by atoms with Crippen molar-refractivity contribution in [1.29, 1.82) is 0 Å². The third-order valence-electron chi connectivity index (χ3n) is 2.54. The van der Waals surface area contributed by atoms with Crippen LogP contribution in [0.1, 0.15) is 6.42 Å². The summed E-state index contributed by atoms with van der Waals surface area (Å²) in [5, 5.41) is 2.72. The highest BCUT2D eigenvalue weighted by Crippen LogP contribution is 1.95. The molecule has 1 amide bonds. The van der Waals surface area contributed by atoms with Gasteiger partial charge in [-0.15, -0.1) is 0 Å². The van der Waals surface area contributed by atoms with Crippen LogP contribution in [0, 0.1) is 0 Å². The second-order valence-corrected chi connectivity index (χ2v) is 4.24. The van der Waals surface area contributed by atoms with Gasteiger partial charge in [0.2, 0.25) is 5.91 Å². The Morgan fingerprint density at radius 1 is 1.35 bits per heavy atom. The predicted octanol–water partition coefficient (Wildman–Crippen LogP) is -0.400. The molecule has 20 heavy (non-hydrogen) atoms. The highest BCUT2D eigenvalue weighted by molar-refractivity contribution is 5.75. The zero-order valence-electron chi connectivity index (χ0n) is 11.6. The topological polar surface area (TPSA) is 95.6 Å². The summed E-state index contributed by atoms with van der Waals surface area (Å²) in [6.45, 7) is 2.13. The van der Waals surface area contributed by atoms with E-state index >= 15 is 0 Å². The van der Waals surface area contributed by atoms with Gasteiger partial charge in [0, 0.05) is 38.2 Å². The Morgan fingerprint density at radius 3 is 2.90 bits per heavy atom. The summed E-state index contributed by atoms with van der Waals surface area (Å²) >= 11 is 0. The zero-order chi connectivity index (χ0) is 14.8. The van der Waals surface area contributed by atoms with Crippen LogP contribution in [-0.2, 0) is 20.8 Å². The monoisotopic (exact) mass is 283 g/mol. The van der Waals surface area contributed by atoms with Gasteiger partial charge >= 0.3 is 0 Å². The van der Waals surface area contributed by atoms with Crippen LogP contribution in [0.25, 0.3) is 0 Å². The van der Waals surface area contributed by atoms with Crippen LogP contribution in [0.2, 0.25) is 0 Å². The summed E-state index contributed by atoms with van der Waals surface area (Å²) in [5.74, 6) is -0.227. The Balaban J connectivity index is 2.20. The lowest BCUT2D eigenvalue weighted by Gasteiger charge is -2.08. The summed E-state index contributed by atoms with van der Waals surface area (Å²) in [4.78, 5) is 23.1. The molecule has 0 aromatic carbocycles. The minimum absolute atomic E-state index is 0.0333. The number of ether oxygens (including phenoxy) is 2. The number of rotatable bonds is 9. The van der Waals surface area contributed by atoms with Crippen molar-refractivity contribution in [3.8, 4) is 0 Å². The fourth-order valence-corrected chi connectivity index (χ4v) is 1.53. The molecule has 1 aromatic rings. The first-order chi connectivity index (χ1) is 9.63. The minimum Gasteiger partial charge on any atom is -0.398 e. The molecule has 0 aliphatic rings. The number of nitrogens with two attached hydrogens (primary N) is 1. The van der Waals surface area contributed by atoms with Gasteiger partial charge in [0.05, 0.1) is 13.2 Å². The van der Waals surface area contributed by atoms with E-state index in [2.05, 4.69) is 5.32 Å². The Bertz CT molecular complexity index is 473. The third-order valence-corrected chi connectivity index (χ3v) is 2.54. The molecule has 0 aliphatic heterocycles. The Labute approximate surface area is 117 Å². The second-order valence-electron chi connectivity index (χ2n) is 4.24. The van der Waals surface area contributed by atoms with Gasteiger partial charge in [-0.25, -0.2) is 0 Å². The summed E-state index contributed by atoms with van der Waals surface area (Å²) in [6.07, 6.45) is 2.16. The fourth-order valence-electron chi connectivity index (χ4n) is 1.53. The van der Waals surface area contributed by atoms with Crippen LogP contribution in [0.4, 0.5) is 5.69 Å². The molecule has 0 atom stereocenters. The molecule has 0 spiro atoms. The van der Waals surface area contributed by atoms with Gasteiger partial charge in [0.15, 0.2) is 0 Å². The van der Waals surface area contributed by atoms with Crippen LogP contribution in [0.15, 0.2) is 23.1 Å².